The lowest BCUT2D eigenvalue weighted by atomic mass is 9.87. The molecule has 0 atom stereocenters. The Balaban J connectivity index is 1.21. The minimum atomic E-state index is 0.617. The lowest BCUT2D eigenvalue weighted by molar-refractivity contribution is 0.669. The van der Waals surface area contributed by atoms with Gasteiger partial charge in [-0.05, 0) is 102 Å². The van der Waals surface area contributed by atoms with E-state index in [1.54, 1.807) is 6.07 Å². The average Bonchev–Trinajstić information content (AvgIpc) is 3.48. The number of hydrogen-bond acceptors (Lipinski definition) is 1. The third kappa shape index (κ3) is 4.03. The van der Waals surface area contributed by atoms with Gasteiger partial charge in [-0.2, -0.15) is 0 Å². The van der Waals surface area contributed by atoms with Gasteiger partial charge in [-0.15, -0.1) is 0 Å². The average molecular weight is 572 g/mol. The molecule has 1 heterocycles. The summed E-state index contributed by atoms with van der Waals surface area (Å²) in [6.45, 7) is 7.42. The van der Waals surface area contributed by atoms with Crippen LogP contribution in [0.3, 0.4) is 0 Å². The van der Waals surface area contributed by atoms with Crippen LogP contribution in [0.15, 0.2) is 156 Å². The van der Waals surface area contributed by atoms with E-state index in [9.17, 15) is 0 Å². The zero-order chi connectivity index (χ0) is 29.9. The van der Waals surface area contributed by atoms with Crippen LogP contribution in [-0.4, -0.2) is 0 Å². The van der Waals surface area contributed by atoms with E-state index in [2.05, 4.69) is 132 Å². The monoisotopic (exact) mass is 571 g/mol. The maximum absolute atomic E-state index is 7.42. The lowest BCUT2D eigenvalue weighted by Gasteiger charge is -2.16. The Morgan fingerprint density at radius 1 is 0.356 bits per heavy atom. The summed E-state index contributed by atoms with van der Waals surface area (Å²) in [6, 6.07) is 53.8. The van der Waals surface area contributed by atoms with E-state index in [0.717, 1.165) is 33.1 Å². The Morgan fingerprint density at radius 2 is 0.844 bits per heavy atom. The van der Waals surface area contributed by atoms with Crippen molar-refractivity contribution < 1.29 is 4.42 Å². The number of fused-ring (bicyclic) bond motifs is 8. The summed E-state index contributed by atoms with van der Waals surface area (Å²) in [5.74, 6) is 0. The van der Waals surface area contributed by atoms with Crippen molar-refractivity contribution in [2.45, 2.75) is 0 Å². The topological polar surface area (TPSA) is 17.5 Å². The molecule has 0 radical (unpaired) electrons. The number of hydrogen-bond donors (Lipinski definition) is 0. The van der Waals surface area contributed by atoms with Gasteiger partial charge < -0.3 is 4.42 Å². The highest BCUT2D eigenvalue weighted by Gasteiger charge is 2.15. The molecule has 0 amide bonds. The molecule has 0 aliphatic carbocycles. The fourth-order valence-corrected chi connectivity index (χ4v) is 6.90. The minimum absolute atomic E-state index is 0.617. The second kappa shape index (κ2) is 9.95. The summed E-state index contributed by atoms with van der Waals surface area (Å²) in [5.41, 5.74) is 9.41. The summed E-state index contributed by atoms with van der Waals surface area (Å²) >= 11 is 0. The van der Waals surface area contributed by atoms with Gasteiger partial charge in [0.25, 0.3) is 0 Å². The van der Waals surface area contributed by atoms with Crippen molar-refractivity contribution in [1.82, 2.24) is 0 Å². The number of benzene rings is 8. The van der Waals surface area contributed by atoms with Gasteiger partial charge in [0.15, 0.2) is 5.69 Å². The van der Waals surface area contributed by atoms with Crippen LogP contribution in [0.2, 0.25) is 0 Å². The molecule has 8 aromatic carbocycles. The van der Waals surface area contributed by atoms with Crippen molar-refractivity contribution >= 4 is 59.9 Å². The summed E-state index contributed by atoms with van der Waals surface area (Å²) in [6.07, 6.45) is 0. The van der Waals surface area contributed by atoms with Crippen LogP contribution in [0, 0.1) is 6.57 Å². The molecule has 45 heavy (non-hydrogen) atoms. The first-order valence-electron chi connectivity index (χ1n) is 15.1. The van der Waals surface area contributed by atoms with Gasteiger partial charge in [-0.3, -0.25) is 0 Å². The molecule has 0 unspecified atom stereocenters. The van der Waals surface area contributed by atoms with Crippen LogP contribution in [0.1, 0.15) is 0 Å². The molecule has 0 bridgehead atoms. The van der Waals surface area contributed by atoms with E-state index in [-0.39, 0.29) is 0 Å². The molecule has 2 heteroatoms. The Bertz CT molecular complexity index is 2640. The van der Waals surface area contributed by atoms with Gasteiger partial charge in [0.05, 0.1) is 6.57 Å². The van der Waals surface area contributed by atoms with Gasteiger partial charge >= 0.3 is 0 Å². The molecular formula is C43H25NO. The highest BCUT2D eigenvalue weighted by molar-refractivity contribution is 6.23. The van der Waals surface area contributed by atoms with Gasteiger partial charge in [0.2, 0.25) is 0 Å². The largest absolute Gasteiger partial charge is 0.456 e. The predicted octanol–water partition coefficient (Wildman–Crippen LogP) is 12.6. The normalized spacial score (nSPS) is 11.5. The van der Waals surface area contributed by atoms with Gasteiger partial charge in [-0.25, -0.2) is 4.85 Å². The van der Waals surface area contributed by atoms with Crippen molar-refractivity contribution in [1.29, 1.82) is 0 Å². The van der Waals surface area contributed by atoms with E-state index >= 15 is 0 Å². The van der Waals surface area contributed by atoms with Crippen molar-refractivity contribution in [2.24, 2.45) is 0 Å². The lowest BCUT2D eigenvalue weighted by Crippen LogP contribution is -1.89. The van der Waals surface area contributed by atoms with Gasteiger partial charge in [0.1, 0.15) is 11.2 Å². The van der Waals surface area contributed by atoms with Crippen molar-refractivity contribution in [3.8, 4) is 33.4 Å². The molecule has 0 saturated carbocycles. The summed E-state index contributed by atoms with van der Waals surface area (Å²) < 4.78 is 6.06. The zero-order valence-corrected chi connectivity index (χ0v) is 24.3. The summed E-state index contributed by atoms with van der Waals surface area (Å²) in [5, 5.41) is 9.56. The summed E-state index contributed by atoms with van der Waals surface area (Å²) in [4.78, 5) is 3.61. The first kappa shape index (κ1) is 25.3. The molecule has 208 valence electrons. The van der Waals surface area contributed by atoms with Gasteiger partial charge in [-0.1, -0.05) is 115 Å². The van der Waals surface area contributed by atoms with Crippen molar-refractivity contribution in [2.75, 3.05) is 0 Å². The van der Waals surface area contributed by atoms with E-state index in [4.69, 9.17) is 11.0 Å². The maximum atomic E-state index is 7.42. The second-order valence-electron chi connectivity index (χ2n) is 11.6. The molecule has 0 saturated heterocycles. The maximum Gasteiger partial charge on any atom is 0.188 e. The smallest absolute Gasteiger partial charge is 0.188 e. The number of furan rings is 1. The SMILES string of the molecule is [C-]#[N+]c1ccc2oc3ccc(-c4ccc(-c5cc6c7ccccc7c(-c7ccccc7)cc6c6ccccc56)cc4)cc3c2c1. The molecule has 0 spiro atoms. The van der Waals surface area contributed by atoms with E-state index in [1.807, 2.05) is 18.2 Å². The van der Waals surface area contributed by atoms with Crippen LogP contribution in [0.5, 0.6) is 0 Å². The minimum Gasteiger partial charge on any atom is -0.456 e. The van der Waals surface area contributed by atoms with Crippen molar-refractivity contribution in [3.63, 3.8) is 0 Å². The first-order chi connectivity index (χ1) is 22.2. The highest BCUT2D eigenvalue weighted by atomic mass is 16.3. The molecule has 0 aliphatic heterocycles. The molecule has 1 aromatic heterocycles. The van der Waals surface area contributed by atoms with Crippen LogP contribution < -0.4 is 0 Å². The quantitative estimate of drug-likeness (QED) is 0.152. The standard InChI is InChI=1S/C43H25NO/c1-44-31-20-22-43-41(24-31)40-23-30(19-21-42(40)45-43)27-15-17-29(18-16-27)37-26-39-34-13-7-5-11-32(34)36(28-9-3-2-4-10-28)25-38(39)35-14-8-6-12-33(35)37/h2-26H. The van der Waals surface area contributed by atoms with Gasteiger partial charge in [0, 0.05) is 10.8 Å². The summed E-state index contributed by atoms with van der Waals surface area (Å²) in [7, 11) is 0. The van der Waals surface area contributed by atoms with E-state index in [0.29, 0.717) is 5.69 Å². The molecule has 9 rings (SSSR count). The third-order valence-electron chi connectivity index (χ3n) is 9.08. The molecule has 0 aliphatic rings. The molecule has 0 N–H and O–H groups in total. The fraction of sp³-hybridized carbons (Fsp3) is 0. The molecule has 2 nitrogen and oxygen atoms in total. The Hall–Kier alpha value is -6.17. The highest BCUT2D eigenvalue weighted by Crippen LogP contribution is 2.42. The zero-order valence-electron chi connectivity index (χ0n) is 24.3. The van der Waals surface area contributed by atoms with Crippen molar-refractivity contribution in [3.05, 3.63) is 163 Å². The van der Waals surface area contributed by atoms with Crippen LogP contribution >= 0.6 is 0 Å². The number of nitrogens with zero attached hydrogens (tertiary/aromatic N) is 1. The Morgan fingerprint density at radius 3 is 1.47 bits per heavy atom. The number of rotatable bonds is 3. The van der Waals surface area contributed by atoms with Crippen LogP contribution in [0.4, 0.5) is 5.69 Å². The van der Waals surface area contributed by atoms with E-state index < -0.39 is 0 Å². The molecule has 0 fully saturated rings. The van der Waals surface area contributed by atoms with Crippen LogP contribution in [-0.2, 0) is 0 Å². The molecule has 9 aromatic rings. The second-order valence-corrected chi connectivity index (χ2v) is 11.6. The van der Waals surface area contributed by atoms with Crippen LogP contribution in [0.25, 0.3) is 92.5 Å². The van der Waals surface area contributed by atoms with E-state index in [1.165, 1.54) is 54.6 Å². The Kier molecular flexibility index (Phi) is 5.60. The fourth-order valence-electron chi connectivity index (χ4n) is 6.90. The third-order valence-corrected chi connectivity index (χ3v) is 9.08. The Labute approximate surface area is 260 Å². The first-order valence-corrected chi connectivity index (χ1v) is 15.1. The predicted molar refractivity (Wildman–Crippen MR) is 189 cm³/mol. The molecular weight excluding hydrogens is 546 g/mol.